The fraction of sp³-hybridized carbons (Fsp3) is 0.280. The highest BCUT2D eigenvalue weighted by Crippen LogP contribution is 2.27. The Hall–Kier alpha value is -3.27. The monoisotopic (exact) mass is 477 g/mol. The SMILES string of the molecule is Cc1ncc(-c2ccc(S(=O)C(C)C)cc2)nc1-c1nnc(-c2ccc(CNCCO)cc2)o1. The number of aliphatic hydroxyl groups is 1. The summed E-state index contributed by atoms with van der Waals surface area (Å²) in [4.78, 5) is 9.98. The zero-order chi connectivity index (χ0) is 24.1. The van der Waals surface area contributed by atoms with Crippen molar-refractivity contribution in [3.8, 4) is 34.3 Å². The maximum absolute atomic E-state index is 12.3. The Labute approximate surface area is 201 Å². The number of nitrogens with zero attached hydrogens (tertiary/aromatic N) is 4. The molecule has 4 aromatic rings. The van der Waals surface area contributed by atoms with Crippen molar-refractivity contribution >= 4 is 10.8 Å². The Bertz CT molecular complexity index is 1270. The van der Waals surface area contributed by atoms with Gasteiger partial charge in [-0.2, -0.15) is 0 Å². The van der Waals surface area contributed by atoms with E-state index in [1.807, 2.05) is 69.3 Å². The first-order chi connectivity index (χ1) is 16.5. The van der Waals surface area contributed by atoms with Crippen LogP contribution in [0.5, 0.6) is 0 Å². The number of nitrogens with one attached hydrogen (secondary N) is 1. The Kier molecular flexibility index (Phi) is 7.56. The fourth-order valence-corrected chi connectivity index (χ4v) is 4.28. The summed E-state index contributed by atoms with van der Waals surface area (Å²) in [5, 5.41) is 20.5. The molecule has 2 heterocycles. The second kappa shape index (κ2) is 10.8. The molecule has 1 unspecified atom stereocenters. The average molecular weight is 478 g/mol. The van der Waals surface area contributed by atoms with E-state index >= 15 is 0 Å². The molecule has 176 valence electrons. The van der Waals surface area contributed by atoms with Gasteiger partial charge in [-0.1, -0.05) is 38.1 Å². The van der Waals surface area contributed by atoms with E-state index in [1.54, 1.807) is 6.20 Å². The van der Waals surface area contributed by atoms with Gasteiger partial charge in [0.05, 0.1) is 35.0 Å². The van der Waals surface area contributed by atoms with E-state index in [4.69, 9.17) is 14.5 Å². The van der Waals surface area contributed by atoms with Gasteiger partial charge in [0.25, 0.3) is 5.89 Å². The van der Waals surface area contributed by atoms with Gasteiger partial charge >= 0.3 is 0 Å². The maximum Gasteiger partial charge on any atom is 0.268 e. The van der Waals surface area contributed by atoms with Gasteiger partial charge in [-0.3, -0.25) is 9.19 Å². The van der Waals surface area contributed by atoms with Crippen molar-refractivity contribution < 1.29 is 13.7 Å². The van der Waals surface area contributed by atoms with Crippen LogP contribution in [0.3, 0.4) is 0 Å². The summed E-state index contributed by atoms with van der Waals surface area (Å²) < 4.78 is 18.2. The van der Waals surface area contributed by atoms with Crippen molar-refractivity contribution in [1.82, 2.24) is 25.5 Å². The molecule has 0 radical (unpaired) electrons. The van der Waals surface area contributed by atoms with Crippen molar-refractivity contribution in [2.24, 2.45) is 0 Å². The van der Waals surface area contributed by atoms with E-state index in [0.717, 1.165) is 21.6 Å². The normalized spacial score (nSPS) is 12.3. The minimum atomic E-state index is -1.04. The minimum absolute atomic E-state index is 0.0578. The fourth-order valence-electron chi connectivity index (χ4n) is 3.34. The molecule has 0 aliphatic heterocycles. The number of benzene rings is 2. The Morgan fingerprint density at radius 2 is 1.68 bits per heavy atom. The lowest BCUT2D eigenvalue weighted by molar-refractivity contribution is 0.292. The summed E-state index contributed by atoms with van der Waals surface area (Å²) in [5.41, 5.74) is 4.64. The molecule has 0 aliphatic carbocycles. The first-order valence-electron chi connectivity index (χ1n) is 11.1. The van der Waals surface area contributed by atoms with E-state index in [9.17, 15) is 4.21 Å². The van der Waals surface area contributed by atoms with Crippen molar-refractivity contribution in [2.45, 2.75) is 37.5 Å². The maximum atomic E-state index is 12.3. The van der Waals surface area contributed by atoms with Crippen LogP contribution in [0.1, 0.15) is 25.1 Å². The smallest absolute Gasteiger partial charge is 0.268 e. The van der Waals surface area contributed by atoms with E-state index in [1.165, 1.54) is 0 Å². The molecule has 2 aromatic heterocycles. The topological polar surface area (TPSA) is 114 Å². The minimum Gasteiger partial charge on any atom is -0.415 e. The Balaban J connectivity index is 1.55. The van der Waals surface area contributed by atoms with Gasteiger partial charge in [-0.15, -0.1) is 10.2 Å². The summed E-state index contributed by atoms with van der Waals surface area (Å²) in [6.45, 7) is 7.05. The molecule has 9 heteroatoms. The highest BCUT2D eigenvalue weighted by molar-refractivity contribution is 7.85. The first-order valence-corrected chi connectivity index (χ1v) is 12.3. The molecule has 0 spiro atoms. The van der Waals surface area contributed by atoms with Crippen molar-refractivity contribution in [1.29, 1.82) is 0 Å². The molecule has 34 heavy (non-hydrogen) atoms. The molecule has 4 rings (SSSR count). The third-order valence-electron chi connectivity index (χ3n) is 5.21. The molecular weight excluding hydrogens is 450 g/mol. The second-order valence-electron chi connectivity index (χ2n) is 8.07. The van der Waals surface area contributed by atoms with Crippen molar-refractivity contribution in [3.63, 3.8) is 0 Å². The van der Waals surface area contributed by atoms with Crippen LogP contribution >= 0.6 is 0 Å². The summed E-state index contributed by atoms with van der Waals surface area (Å²) in [6.07, 6.45) is 1.70. The number of hydrogen-bond donors (Lipinski definition) is 2. The molecule has 0 fully saturated rings. The van der Waals surface area contributed by atoms with Crippen LogP contribution in [0.15, 0.2) is 64.0 Å². The van der Waals surface area contributed by atoms with Crippen LogP contribution in [0.25, 0.3) is 34.3 Å². The number of rotatable bonds is 9. The van der Waals surface area contributed by atoms with Gasteiger partial charge < -0.3 is 14.8 Å². The van der Waals surface area contributed by atoms with Gasteiger partial charge in [0.2, 0.25) is 5.89 Å². The number of aromatic nitrogens is 4. The molecule has 0 aliphatic rings. The zero-order valence-electron chi connectivity index (χ0n) is 19.4. The van der Waals surface area contributed by atoms with Gasteiger partial charge in [-0.25, -0.2) is 4.98 Å². The molecule has 0 saturated carbocycles. The van der Waals surface area contributed by atoms with Crippen LogP contribution in [0.2, 0.25) is 0 Å². The highest BCUT2D eigenvalue weighted by Gasteiger charge is 2.16. The summed E-state index contributed by atoms with van der Waals surface area (Å²) >= 11 is 0. The largest absolute Gasteiger partial charge is 0.415 e. The van der Waals surface area contributed by atoms with E-state index in [-0.39, 0.29) is 11.9 Å². The van der Waals surface area contributed by atoms with Gasteiger partial charge in [0.15, 0.2) is 0 Å². The lowest BCUT2D eigenvalue weighted by Crippen LogP contribution is -2.17. The third-order valence-corrected chi connectivity index (χ3v) is 6.81. The van der Waals surface area contributed by atoms with E-state index < -0.39 is 10.8 Å². The van der Waals surface area contributed by atoms with Crippen molar-refractivity contribution in [3.05, 3.63) is 66.0 Å². The van der Waals surface area contributed by atoms with E-state index in [0.29, 0.717) is 42.0 Å². The van der Waals surface area contributed by atoms with Crippen LogP contribution in [-0.2, 0) is 17.3 Å². The number of aryl methyl sites for hydroxylation is 1. The molecule has 8 nitrogen and oxygen atoms in total. The lowest BCUT2D eigenvalue weighted by Gasteiger charge is -2.08. The summed E-state index contributed by atoms with van der Waals surface area (Å²) in [7, 11) is -1.04. The lowest BCUT2D eigenvalue weighted by atomic mass is 10.1. The molecule has 0 saturated heterocycles. The standard InChI is InChI=1S/C25H27N5O3S/c1-16(2)34(32)21-10-8-19(9-11-21)22-15-27-17(3)23(28-22)25-30-29-24(33-25)20-6-4-18(5-7-20)14-26-12-13-31/h4-11,15-16,26,31H,12-14H2,1-3H3. The Morgan fingerprint density at radius 1 is 1.00 bits per heavy atom. The number of hydrogen-bond acceptors (Lipinski definition) is 8. The highest BCUT2D eigenvalue weighted by atomic mass is 32.2. The van der Waals surface area contributed by atoms with Crippen LogP contribution in [-0.4, -0.2) is 47.9 Å². The third kappa shape index (κ3) is 5.44. The van der Waals surface area contributed by atoms with Gasteiger partial charge in [-0.05, 0) is 36.8 Å². The number of aliphatic hydroxyl groups excluding tert-OH is 1. The van der Waals surface area contributed by atoms with Crippen LogP contribution in [0, 0.1) is 6.92 Å². The molecule has 0 bridgehead atoms. The molecule has 2 N–H and O–H groups in total. The van der Waals surface area contributed by atoms with E-state index in [2.05, 4.69) is 20.5 Å². The molecule has 2 aromatic carbocycles. The Morgan fingerprint density at radius 3 is 2.35 bits per heavy atom. The zero-order valence-corrected chi connectivity index (χ0v) is 20.2. The first kappa shape index (κ1) is 23.9. The molecule has 1 atom stereocenters. The molecular formula is C25H27N5O3S. The average Bonchev–Trinajstić information content (AvgIpc) is 3.34. The molecule has 0 amide bonds. The summed E-state index contributed by atoms with van der Waals surface area (Å²) in [5.74, 6) is 0.699. The van der Waals surface area contributed by atoms with Gasteiger partial charge in [0, 0.05) is 34.4 Å². The predicted octanol–water partition coefficient (Wildman–Crippen LogP) is 3.77. The van der Waals surface area contributed by atoms with Crippen LogP contribution in [0.4, 0.5) is 0 Å². The quantitative estimate of drug-likeness (QED) is 0.350. The van der Waals surface area contributed by atoms with Crippen LogP contribution < -0.4 is 5.32 Å². The van der Waals surface area contributed by atoms with Gasteiger partial charge in [0.1, 0.15) is 5.69 Å². The summed E-state index contributed by atoms with van der Waals surface area (Å²) in [6, 6.07) is 15.3. The predicted molar refractivity (Wildman–Crippen MR) is 131 cm³/mol. The van der Waals surface area contributed by atoms with Crippen molar-refractivity contribution in [2.75, 3.05) is 13.2 Å². The second-order valence-corrected chi connectivity index (χ2v) is 10.1.